The Morgan fingerprint density at radius 1 is 1.00 bits per heavy atom. The fourth-order valence-electron chi connectivity index (χ4n) is 5.28. The fraction of sp³-hybridized carbons (Fsp3) is 0.414. The van der Waals surface area contributed by atoms with E-state index in [0.717, 1.165) is 49.5 Å². The van der Waals surface area contributed by atoms with Gasteiger partial charge in [0.15, 0.2) is 11.5 Å². The molecule has 1 saturated carbocycles. The van der Waals surface area contributed by atoms with E-state index in [2.05, 4.69) is 41.3 Å². The second-order valence-corrected chi connectivity index (χ2v) is 9.49. The van der Waals surface area contributed by atoms with Crippen LogP contribution in [0.3, 0.4) is 0 Å². The lowest BCUT2D eigenvalue weighted by Crippen LogP contribution is -2.56. The minimum Gasteiger partial charge on any atom is -0.493 e. The Kier molecular flexibility index (Phi) is 7.26. The van der Waals surface area contributed by atoms with Crippen LogP contribution in [0.2, 0.25) is 0 Å². The van der Waals surface area contributed by atoms with Crippen LogP contribution in [0.15, 0.2) is 71.3 Å². The number of nitrogens with zero attached hydrogens (tertiary/aromatic N) is 2. The fourth-order valence-corrected chi connectivity index (χ4v) is 5.28. The van der Waals surface area contributed by atoms with Gasteiger partial charge in [0.2, 0.25) is 5.91 Å². The van der Waals surface area contributed by atoms with Crippen molar-refractivity contribution < 1.29 is 18.7 Å². The molecule has 1 saturated heterocycles. The topological polar surface area (TPSA) is 55.2 Å². The zero-order valence-electron chi connectivity index (χ0n) is 20.4. The Balaban J connectivity index is 1.35. The van der Waals surface area contributed by atoms with Crippen molar-refractivity contribution in [1.82, 2.24) is 4.90 Å². The average molecular weight is 475 g/mol. The predicted octanol–water partition coefficient (Wildman–Crippen LogP) is 5.11. The molecule has 1 aliphatic carbocycles. The van der Waals surface area contributed by atoms with Gasteiger partial charge in [0, 0.05) is 31.4 Å². The van der Waals surface area contributed by atoms with Crippen molar-refractivity contribution in [2.45, 2.75) is 50.7 Å². The molecular weight excluding hydrogens is 440 g/mol. The van der Waals surface area contributed by atoms with Gasteiger partial charge in [-0.25, -0.2) is 0 Å². The Bertz CT molecular complexity index is 1090. The molecule has 2 aliphatic rings. The van der Waals surface area contributed by atoms with Crippen LogP contribution >= 0.6 is 0 Å². The number of methoxy groups -OCH3 is 1. The Labute approximate surface area is 207 Å². The van der Waals surface area contributed by atoms with Crippen LogP contribution in [0.1, 0.15) is 37.0 Å². The predicted molar refractivity (Wildman–Crippen MR) is 136 cm³/mol. The van der Waals surface area contributed by atoms with Crippen LogP contribution in [0.4, 0.5) is 5.69 Å². The van der Waals surface area contributed by atoms with Crippen LogP contribution < -0.4 is 14.4 Å². The number of anilines is 1. The van der Waals surface area contributed by atoms with Gasteiger partial charge in [0.05, 0.1) is 31.9 Å². The Morgan fingerprint density at radius 3 is 2.57 bits per heavy atom. The molecule has 184 valence electrons. The first-order valence-corrected chi connectivity index (χ1v) is 12.6. The Morgan fingerprint density at radius 2 is 1.83 bits per heavy atom. The van der Waals surface area contributed by atoms with Crippen LogP contribution in [-0.4, -0.2) is 49.7 Å². The number of rotatable bonds is 8. The number of carbonyl (C=O) groups excluding carboxylic acids is 1. The van der Waals surface area contributed by atoms with Crippen molar-refractivity contribution in [3.63, 3.8) is 0 Å². The summed E-state index contributed by atoms with van der Waals surface area (Å²) in [6.45, 7) is 2.19. The molecule has 6 nitrogen and oxygen atoms in total. The van der Waals surface area contributed by atoms with E-state index in [1.165, 1.54) is 18.4 Å². The maximum absolute atomic E-state index is 13.3. The molecule has 0 bridgehead atoms. The minimum absolute atomic E-state index is 0.0647. The van der Waals surface area contributed by atoms with E-state index in [-0.39, 0.29) is 18.1 Å². The summed E-state index contributed by atoms with van der Waals surface area (Å²) in [6.07, 6.45) is 7.64. The highest BCUT2D eigenvalue weighted by Gasteiger charge is 2.31. The standard InChI is InChI=1S/C29H34N2O4/c1-33-27-14-13-23(19-28(27)35-25-10-5-6-11-25)30-15-16-31(29(32)20-26-12-7-17-34-26)24(21-30)18-22-8-3-2-4-9-22/h2-4,7-9,12-14,17,19,24-25H,5-6,10-11,15-16,18,20-21H2,1H3/t24-/m0/s1. The van der Waals surface area contributed by atoms with Gasteiger partial charge in [-0.2, -0.15) is 0 Å². The molecule has 2 aromatic carbocycles. The van der Waals surface area contributed by atoms with Crippen molar-refractivity contribution in [2.75, 3.05) is 31.6 Å². The number of piperazine rings is 1. The maximum Gasteiger partial charge on any atom is 0.230 e. The van der Waals surface area contributed by atoms with E-state index >= 15 is 0 Å². The Hall–Kier alpha value is -3.41. The van der Waals surface area contributed by atoms with Gasteiger partial charge in [-0.05, 0) is 61.9 Å². The van der Waals surface area contributed by atoms with E-state index in [1.807, 2.05) is 29.2 Å². The maximum atomic E-state index is 13.3. The largest absolute Gasteiger partial charge is 0.493 e. The molecule has 5 rings (SSSR count). The number of ether oxygens (including phenoxy) is 2. The van der Waals surface area contributed by atoms with Gasteiger partial charge in [0.25, 0.3) is 0 Å². The minimum atomic E-state index is 0.0647. The van der Waals surface area contributed by atoms with E-state index in [0.29, 0.717) is 18.7 Å². The highest BCUT2D eigenvalue weighted by molar-refractivity contribution is 5.79. The quantitative estimate of drug-likeness (QED) is 0.454. The molecule has 0 radical (unpaired) electrons. The van der Waals surface area contributed by atoms with E-state index in [1.54, 1.807) is 13.4 Å². The molecule has 2 heterocycles. The van der Waals surface area contributed by atoms with Gasteiger partial charge >= 0.3 is 0 Å². The number of hydrogen-bond donors (Lipinski definition) is 0. The third kappa shape index (κ3) is 5.64. The lowest BCUT2D eigenvalue weighted by Gasteiger charge is -2.43. The third-order valence-electron chi connectivity index (χ3n) is 7.13. The second-order valence-electron chi connectivity index (χ2n) is 9.49. The lowest BCUT2D eigenvalue weighted by atomic mass is 10.0. The number of carbonyl (C=O) groups is 1. The molecule has 1 amide bonds. The molecule has 1 aliphatic heterocycles. The third-order valence-corrected chi connectivity index (χ3v) is 7.13. The smallest absolute Gasteiger partial charge is 0.230 e. The van der Waals surface area contributed by atoms with Crippen molar-refractivity contribution in [2.24, 2.45) is 0 Å². The summed E-state index contributed by atoms with van der Waals surface area (Å²) < 4.78 is 17.4. The molecule has 35 heavy (non-hydrogen) atoms. The molecular formula is C29H34N2O4. The molecule has 1 atom stereocenters. The molecule has 0 unspecified atom stereocenters. The first-order valence-electron chi connectivity index (χ1n) is 12.6. The molecule has 2 fully saturated rings. The monoisotopic (exact) mass is 474 g/mol. The lowest BCUT2D eigenvalue weighted by molar-refractivity contribution is -0.133. The summed E-state index contributed by atoms with van der Waals surface area (Å²) in [5, 5.41) is 0. The summed E-state index contributed by atoms with van der Waals surface area (Å²) in [5.74, 6) is 2.40. The zero-order valence-corrected chi connectivity index (χ0v) is 20.4. The van der Waals surface area contributed by atoms with Crippen molar-refractivity contribution in [3.8, 4) is 11.5 Å². The van der Waals surface area contributed by atoms with Crippen molar-refractivity contribution in [3.05, 3.63) is 78.3 Å². The molecule has 0 N–H and O–H groups in total. The van der Waals surface area contributed by atoms with Gasteiger partial charge < -0.3 is 23.7 Å². The summed E-state index contributed by atoms with van der Waals surface area (Å²) in [4.78, 5) is 17.7. The number of furan rings is 1. The number of benzene rings is 2. The first kappa shape index (κ1) is 23.3. The van der Waals surface area contributed by atoms with E-state index < -0.39 is 0 Å². The zero-order chi connectivity index (χ0) is 24.0. The highest BCUT2D eigenvalue weighted by Crippen LogP contribution is 2.36. The number of amides is 1. The van der Waals surface area contributed by atoms with Crippen LogP contribution in [0.25, 0.3) is 0 Å². The normalized spacial score (nSPS) is 18.6. The van der Waals surface area contributed by atoms with Crippen LogP contribution in [-0.2, 0) is 17.6 Å². The van der Waals surface area contributed by atoms with Gasteiger partial charge in [-0.1, -0.05) is 30.3 Å². The summed E-state index contributed by atoms with van der Waals surface area (Å²) in [5.41, 5.74) is 2.34. The van der Waals surface area contributed by atoms with Crippen molar-refractivity contribution in [1.29, 1.82) is 0 Å². The van der Waals surface area contributed by atoms with Crippen LogP contribution in [0.5, 0.6) is 11.5 Å². The molecule has 1 aromatic heterocycles. The molecule has 0 spiro atoms. The van der Waals surface area contributed by atoms with Crippen molar-refractivity contribution >= 4 is 11.6 Å². The highest BCUT2D eigenvalue weighted by atomic mass is 16.5. The van der Waals surface area contributed by atoms with Gasteiger partial charge in [-0.3, -0.25) is 4.79 Å². The average Bonchev–Trinajstić information content (AvgIpc) is 3.59. The molecule has 3 aromatic rings. The van der Waals surface area contributed by atoms with Gasteiger partial charge in [0.1, 0.15) is 5.76 Å². The second kappa shape index (κ2) is 10.9. The number of hydrogen-bond acceptors (Lipinski definition) is 5. The van der Waals surface area contributed by atoms with Crippen LogP contribution in [0, 0.1) is 0 Å². The summed E-state index contributed by atoms with van der Waals surface area (Å²) >= 11 is 0. The molecule has 6 heteroatoms. The SMILES string of the molecule is COc1ccc(N2CCN(C(=O)Cc3ccco3)[C@@H](Cc3ccccc3)C2)cc1OC1CCCC1. The van der Waals surface area contributed by atoms with Gasteiger partial charge in [-0.15, -0.1) is 0 Å². The van der Waals surface area contributed by atoms with E-state index in [9.17, 15) is 4.79 Å². The summed E-state index contributed by atoms with van der Waals surface area (Å²) in [7, 11) is 1.69. The summed E-state index contributed by atoms with van der Waals surface area (Å²) in [6, 6.07) is 20.4. The first-order chi connectivity index (χ1) is 17.2. The van der Waals surface area contributed by atoms with E-state index in [4.69, 9.17) is 13.9 Å².